The largest absolute Gasteiger partial charge is 0.444 e. The van der Waals surface area contributed by atoms with Crippen molar-refractivity contribution in [2.75, 3.05) is 11.9 Å². The molecule has 0 bridgehead atoms. The number of H-pyrrole nitrogens is 1. The number of carbonyl (C=O) groups is 4. The van der Waals surface area contributed by atoms with Crippen molar-refractivity contribution >= 4 is 41.0 Å². The van der Waals surface area contributed by atoms with E-state index in [0.717, 1.165) is 29.5 Å². The van der Waals surface area contributed by atoms with Crippen LogP contribution in [0.2, 0.25) is 5.02 Å². The highest BCUT2D eigenvalue weighted by Crippen LogP contribution is 2.31. The minimum absolute atomic E-state index is 0.0721. The summed E-state index contributed by atoms with van der Waals surface area (Å²) in [6.07, 6.45) is 2.57. The smallest absolute Gasteiger partial charge is 0.407 e. The van der Waals surface area contributed by atoms with Crippen molar-refractivity contribution in [1.82, 2.24) is 31.3 Å². The third-order valence-corrected chi connectivity index (χ3v) is 8.92. The number of ether oxygens (including phenoxy) is 1. The molecule has 1 aromatic heterocycles. The molecule has 1 aliphatic rings. The third kappa shape index (κ3) is 9.97. The van der Waals surface area contributed by atoms with Crippen molar-refractivity contribution in [3.05, 3.63) is 82.9 Å². The number of anilines is 1. The van der Waals surface area contributed by atoms with Gasteiger partial charge >= 0.3 is 6.09 Å². The molecule has 4 aromatic rings. The summed E-state index contributed by atoms with van der Waals surface area (Å²) in [5, 5.41) is 23.3. The van der Waals surface area contributed by atoms with E-state index in [0.29, 0.717) is 47.0 Å². The standard InChI is InChI=1S/C37H42ClN7O5/c1-22(46)27-14-17-31(38)30(20-27)28-7-5-6-24(18-28)19-32(35(48)40-29-15-12-25(13-16-29)33-42-44-45-43-33)41-34(47)26-10-8-23(9-11-26)21-39-36(49)50-37(2,3)4/h5-7,12-18,20,23,26,32H,8-11,19,21H2,1-4H3,(H,39,49)(H,40,48)(H,41,47)(H,42,43,44,45)/t23?,26?,32-/m0/s1. The van der Waals surface area contributed by atoms with Crippen LogP contribution in [0.15, 0.2) is 66.7 Å². The van der Waals surface area contributed by atoms with E-state index < -0.39 is 17.7 Å². The van der Waals surface area contributed by atoms with Gasteiger partial charge in [-0.25, -0.2) is 4.79 Å². The highest BCUT2D eigenvalue weighted by Gasteiger charge is 2.30. The lowest BCUT2D eigenvalue weighted by Crippen LogP contribution is -2.48. The Labute approximate surface area is 296 Å². The predicted molar refractivity (Wildman–Crippen MR) is 190 cm³/mol. The second kappa shape index (κ2) is 16.1. The summed E-state index contributed by atoms with van der Waals surface area (Å²) in [4.78, 5) is 51.6. The molecule has 3 amide bonds. The minimum atomic E-state index is -0.889. The summed E-state index contributed by atoms with van der Waals surface area (Å²) in [6, 6.07) is 18.8. The highest BCUT2D eigenvalue weighted by molar-refractivity contribution is 6.33. The molecule has 0 radical (unpaired) electrons. The average molecular weight is 700 g/mol. The van der Waals surface area contributed by atoms with Gasteiger partial charge in [-0.2, -0.15) is 5.21 Å². The zero-order chi connectivity index (χ0) is 35.8. The maximum absolute atomic E-state index is 13.8. The zero-order valence-corrected chi connectivity index (χ0v) is 29.3. The first kappa shape index (κ1) is 36.2. The van der Waals surface area contributed by atoms with Crippen LogP contribution in [0.1, 0.15) is 69.3 Å². The molecule has 3 aromatic carbocycles. The van der Waals surface area contributed by atoms with E-state index in [2.05, 4.69) is 36.6 Å². The summed E-state index contributed by atoms with van der Waals surface area (Å²) in [6.45, 7) is 7.44. The Morgan fingerprint density at radius 3 is 2.36 bits per heavy atom. The predicted octanol–water partition coefficient (Wildman–Crippen LogP) is 6.39. The molecule has 50 heavy (non-hydrogen) atoms. The van der Waals surface area contributed by atoms with Crippen LogP contribution in [-0.4, -0.2) is 62.5 Å². The Morgan fingerprint density at radius 2 is 1.70 bits per heavy atom. The van der Waals surface area contributed by atoms with Crippen LogP contribution in [-0.2, 0) is 20.7 Å². The number of alkyl carbamates (subject to hydrolysis) is 1. The normalized spacial score (nSPS) is 16.6. The molecule has 1 aliphatic carbocycles. The SMILES string of the molecule is CC(=O)c1ccc(Cl)c(-c2cccc(C[C@H](NC(=O)C3CCC(CNC(=O)OC(C)(C)C)CC3)C(=O)Nc3ccc(-c4nn[nH]n4)cc3)c2)c1. The van der Waals surface area contributed by atoms with Crippen molar-refractivity contribution in [2.45, 2.75) is 71.4 Å². The van der Waals surface area contributed by atoms with Gasteiger partial charge in [0.05, 0.1) is 0 Å². The molecule has 0 spiro atoms. The van der Waals surface area contributed by atoms with Gasteiger partial charge in [-0.3, -0.25) is 14.4 Å². The number of nitrogens with one attached hydrogen (secondary N) is 4. The van der Waals surface area contributed by atoms with Gasteiger partial charge in [0.2, 0.25) is 17.6 Å². The van der Waals surface area contributed by atoms with E-state index >= 15 is 0 Å². The fraction of sp³-hybridized carbons (Fsp3) is 0.378. The maximum atomic E-state index is 13.8. The van der Waals surface area contributed by atoms with Crippen LogP contribution in [0.4, 0.5) is 10.5 Å². The fourth-order valence-corrected chi connectivity index (χ4v) is 6.18. The summed E-state index contributed by atoms with van der Waals surface area (Å²) in [7, 11) is 0. The molecule has 5 rings (SSSR count). The number of aromatic nitrogens is 4. The molecule has 0 aliphatic heterocycles. The van der Waals surface area contributed by atoms with Crippen molar-refractivity contribution in [2.24, 2.45) is 11.8 Å². The Hall–Kier alpha value is -5.10. The Bertz CT molecular complexity index is 1810. The Morgan fingerprint density at radius 1 is 0.960 bits per heavy atom. The number of benzene rings is 3. The molecule has 1 fully saturated rings. The fourth-order valence-electron chi connectivity index (χ4n) is 5.95. The Kier molecular flexibility index (Phi) is 11.6. The number of ketones is 1. The average Bonchev–Trinajstić information content (AvgIpc) is 3.62. The van der Waals surface area contributed by atoms with E-state index in [9.17, 15) is 19.2 Å². The number of Topliss-reactive ketones (excluding diaryl/α,β-unsaturated/α-hetero) is 1. The number of rotatable bonds is 11. The van der Waals surface area contributed by atoms with Crippen molar-refractivity contribution < 1.29 is 23.9 Å². The lowest BCUT2D eigenvalue weighted by Gasteiger charge is -2.29. The lowest BCUT2D eigenvalue weighted by atomic mass is 9.81. The molecule has 4 N–H and O–H groups in total. The van der Waals surface area contributed by atoms with Gasteiger partial charge in [0.25, 0.3) is 0 Å². The molecule has 1 heterocycles. The van der Waals surface area contributed by atoms with Crippen molar-refractivity contribution in [1.29, 1.82) is 0 Å². The van der Waals surface area contributed by atoms with Crippen molar-refractivity contribution in [3.63, 3.8) is 0 Å². The molecule has 0 saturated heterocycles. The van der Waals surface area contributed by atoms with Crippen LogP contribution in [0.25, 0.3) is 22.5 Å². The van der Waals surface area contributed by atoms with Crippen LogP contribution in [0, 0.1) is 11.8 Å². The van der Waals surface area contributed by atoms with Crippen LogP contribution >= 0.6 is 11.6 Å². The molecular formula is C37H42ClN7O5. The van der Waals surface area contributed by atoms with Gasteiger partial charge in [-0.05, 0) is 118 Å². The molecule has 1 saturated carbocycles. The Balaban J connectivity index is 1.29. The van der Waals surface area contributed by atoms with Gasteiger partial charge in [0, 0.05) is 46.3 Å². The monoisotopic (exact) mass is 699 g/mol. The second-order valence-electron chi connectivity index (χ2n) is 13.6. The van der Waals surface area contributed by atoms with Crippen LogP contribution in [0.3, 0.4) is 0 Å². The minimum Gasteiger partial charge on any atom is -0.444 e. The molecule has 13 heteroatoms. The molecule has 262 valence electrons. The molecule has 0 unspecified atom stereocenters. The molecule has 1 atom stereocenters. The number of tetrazole rings is 1. The summed E-state index contributed by atoms with van der Waals surface area (Å²) in [5.41, 5.74) is 3.53. The first-order chi connectivity index (χ1) is 23.8. The van der Waals surface area contributed by atoms with Gasteiger partial charge in [-0.1, -0.05) is 35.9 Å². The molecule has 12 nitrogen and oxygen atoms in total. The van der Waals surface area contributed by atoms with E-state index in [-0.39, 0.29) is 35.9 Å². The topological polar surface area (TPSA) is 168 Å². The van der Waals surface area contributed by atoms with Crippen LogP contribution < -0.4 is 16.0 Å². The first-order valence-electron chi connectivity index (χ1n) is 16.7. The maximum Gasteiger partial charge on any atom is 0.407 e. The number of halogens is 1. The summed E-state index contributed by atoms with van der Waals surface area (Å²) in [5.74, 6) is -0.240. The third-order valence-electron chi connectivity index (χ3n) is 8.59. The summed E-state index contributed by atoms with van der Waals surface area (Å²) >= 11 is 6.53. The van der Waals surface area contributed by atoms with Gasteiger partial charge < -0.3 is 20.7 Å². The lowest BCUT2D eigenvalue weighted by molar-refractivity contribution is -0.130. The number of carbonyl (C=O) groups excluding carboxylic acids is 4. The highest BCUT2D eigenvalue weighted by atomic mass is 35.5. The van der Waals surface area contributed by atoms with E-state index in [1.54, 1.807) is 42.5 Å². The zero-order valence-electron chi connectivity index (χ0n) is 28.6. The molecular weight excluding hydrogens is 658 g/mol. The number of hydrogen-bond donors (Lipinski definition) is 4. The number of hydrogen-bond acceptors (Lipinski definition) is 8. The number of aromatic amines is 1. The van der Waals surface area contributed by atoms with Gasteiger partial charge in [-0.15, -0.1) is 10.2 Å². The quantitative estimate of drug-likeness (QED) is 0.131. The van der Waals surface area contributed by atoms with E-state index in [1.165, 1.54) is 6.92 Å². The number of nitrogens with zero attached hydrogens (tertiary/aromatic N) is 3. The van der Waals surface area contributed by atoms with Gasteiger partial charge in [0.15, 0.2) is 5.78 Å². The first-order valence-corrected chi connectivity index (χ1v) is 17.0. The summed E-state index contributed by atoms with van der Waals surface area (Å²) < 4.78 is 5.34. The number of amides is 3. The van der Waals surface area contributed by atoms with E-state index in [4.69, 9.17) is 16.3 Å². The van der Waals surface area contributed by atoms with Crippen molar-refractivity contribution in [3.8, 4) is 22.5 Å². The van der Waals surface area contributed by atoms with Gasteiger partial charge in [0.1, 0.15) is 11.6 Å². The van der Waals surface area contributed by atoms with Crippen LogP contribution in [0.5, 0.6) is 0 Å². The second-order valence-corrected chi connectivity index (χ2v) is 14.0. The van der Waals surface area contributed by atoms with E-state index in [1.807, 2.05) is 45.0 Å².